The number of hydrogen-bond donors (Lipinski definition) is 1. The summed E-state index contributed by atoms with van der Waals surface area (Å²) in [4.78, 5) is 8.44. The molecule has 1 saturated carbocycles. The minimum Gasteiger partial charge on any atom is -0.337 e. The first kappa shape index (κ1) is 11.4. The van der Waals surface area contributed by atoms with Crippen LogP contribution in [0.1, 0.15) is 24.1 Å². The van der Waals surface area contributed by atoms with Crippen molar-refractivity contribution < 1.29 is 0 Å². The van der Waals surface area contributed by atoms with E-state index in [9.17, 15) is 0 Å². The van der Waals surface area contributed by atoms with Gasteiger partial charge < -0.3 is 9.88 Å². The molecule has 1 aliphatic carbocycles. The second-order valence-electron chi connectivity index (χ2n) is 4.86. The standard InChI is InChI=1S/C14H18N4/c1-2-13(1)16-9-14-10-18(11-17-14)8-5-12-3-6-15-7-4-12/h3-4,6-7,10-11,13,16H,1-2,5,8-9H2. The molecule has 0 radical (unpaired) electrons. The first-order valence-electron chi connectivity index (χ1n) is 6.53. The minimum atomic E-state index is 0.743. The number of nitrogens with zero attached hydrogens (tertiary/aromatic N) is 3. The summed E-state index contributed by atoms with van der Waals surface area (Å²) in [5.41, 5.74) is 2.45. The van der Waals surface area contributed by atoms with Crippen molar-refractivity contribution in [2.75, 3.05) is 0 Å². The lowest BCUT2D eigenvalue weighted by molar-refractivity contribution is 0.671. The Morgan fingerprint density at radius 2 is 2.11 bits per heavy atom. The molecule has 0 spiro atoms. The Kier molecular flexibility index (Phi) is 3.37. The van der Waals surface area contributed by atoms with Gasteiger partial charge in [0.2, 0.25) is 0 Å². The molecule has 2 heterocycles. The van der Waals surface area contributed by atoms with Crippen molar-refractivity contribution in [2.45, 2.75) is 38.4 Å². The third kappa shape index (κ3) is 3.17. The molecule has 2 aromatic heterocycles. The first-order chi connectivity index (χ1) is 8.90. The highest BCUT2D eigenvalue weighted by atomic mass is 15.1. The summed E-state index contributed by atoms with van der Waals surface area (Å²) in [6, 6.07) is 4.87. The Bertz CT molecular complexity index is 488. The molecule has 1 fully saturated rings. The van der Waals surface area contributed by atoms with Gasteiger partial charge in [0.25, 0.3) is 0 Å². The van der Waals surface area contributed by atoms with Crippen LogP contribution in [0.2, 0.25) is 0 Å². The number of aromatic nitrogens is 3. The fourth-order valence-electron chi connectivity index (χ4n) is 1.96. The predicted molar refractivity (Wildman–Crippen MR) is 70.0 cm³/mol. The van der Waals surface area contributed by atoms with E-state index in [1.165, 1.54) is 18.4 Å². The molecule has 4 heteroatoms. The summed E-state index contributed by atoms with van der Waals surface area (Å²) in [6.07, 6.45) is 11.4. The van der Waals surface area contributed by atoms with Crippen LogP contribution < -0.4 is 5.32 Å². The van der Waals surface area contributed by atoms with E-state index in [0.29, 0.717) is 0 Å². The summed E-state index contributed by atoms with van der Waals surface area (Å²) in [5.74, 6) is 0. The van der Waals surface area contributed by atoms with E-state index in [4.69, 9.17) is 0 Å². The van der Waals surface area contributed by atoms with Gasteiger partial charge in [0.05, 0.1) is 12.0 Å². The Balaban J connectivity index is 1.50. The topological polar surface area (TPSA) is 42.7 Å². The van der Waals surface area contributed by atoms with E-state index >= 15 is 0 Å². The van der Waals surface area contributed by atoms with E-state index in [1.54, 1.807) is 0 Å². The molecule has 0 bridgehead atoms. The monoisotopic (exact) mass is 242 g/mol. The fraction of sp³-hybridized carbons (Fsp3) is 0.429. The molecule has 0 amide bonds. The van der Waals surface area contributed by atoms with Crippen LogP contribution in [0.5, 0.6) is 0 Å². The maximum absolute atomic E-state index is 4.42. The van der Waals surface area contributed by atoms with Gasteiger partial charge in [0.15, 0.2) is 0 Å². The highest BCUT2D eigenvalue weighted by molar-refractivity contribution is 5.09. The zero-order chi connectivity index (χ0) is 12.2. The van der Waals surface area contributed by atoms with Gasteiger partial charge in [0, 0.05) is 37.7 Å². The highest BCUT2D eigenvalue weighted by Crippen LogP contribution is 2.18. The van der Waals surface area contributed by atoms with Crippen molar-refractivity contribution in [3.8, 4) is 0 Å². The molecule has 1 aliphatic rings. The molecular weight excluding hydrogens is 224 g/mol. The van der Waals surface area contributed by atoms with Crippen LogP contribution in [0.25, 0.3) is 0 Å². The molecule has 18 heavy (non-hydrogen) atoms. The normalized spacial score (nSPS) is 14.9. The fourth-order valence-corrected chi connectivity index (χ4v) is 1.96. The third-order valence-corrected chi connectivity index (χ3v) is 3.24. The number of nitrogens with one attached hydrogen (secondary N) is 1. The lowest BCUT2D eigenvalue weighted by Crippen LogP contribution is -2.15. The van der Waals surface area contributed by atoms with Crippen molar-refractivity contribution in [3.63, 3.8) is 0 Å². The van der Waals surface area contributed by atoms with Crippen LogP contribution in [0.15, 0.2) is 37.1 Å². The molecule has 2 aromatic rings. The Labute approximate surface area is 107 Å². The van der Waals surface area contributed by atoms with E-state index in [0.717, 1.165) is 31.2 Å². The van der Waals surface area contributed by atoms with Crippen molar-refractivity contribution >= 4 is 0 Å². The van der Waals surface area contributed by atoms with Crippen molar-refractivity contribution in [3.05, 3.63) is 48.3 Å². The SMILES string of the molecule is c1cc(CCn2cnc(CNC3CC3)c2)ccn1. The highest BCUT2D eigenvalue weighted by Gasteiger charge is 2.20. The second kappa shape index (κ2) is 5.31. The number of rotatable bonds is 6. The maximum atomic E-state index is 4.42. The Hall–Kier alpha value is -1.68. The lowest BCUT2D eigenvalue weighted by Gasteiger charge is -2.02. The van der Waals surface area contributed by atoms with Crippen LogP contribution in [0, 0.1) is 0 Å². The number of aryl methyl sites for hydroxylation is 2. The summed E-state index contributed by atoms with van der Waals surface area (Å²) in [5, 5.41) is 3.48. The molecule has 0 aliphatic heterocycles. The average molecular weight is 242 g/mol. The van der Waals surface area contributed by atoms with Gasteiger partial charge in [-0.05, 0) is 37.0 Å². The molecule has 0 atom stereocenters. The van der Waals surface area contributed by atoms with Crippen molar-refractivity contribution in [1.82, 2.24) is 19.9 Å². The summed E-state index contributed by atoms with van der Waals surface area (Å²) in [6.45, 7) is 1.87. The van der Waals surface area contributed by atoms with E-state index < -0.39 is 0 Å². The van der Waals surface area contributed by atoms with Crippen molar-refractivity contribution in [1.29, 1.82) is 0 Å². The average Bonchev–Trinajstić information content (AvgIpc) is 3.14. The summed E-state index contributed by atoms with van der Waals surface area (Å²) in [7, 11) is 0. The number of pyridine rings is 1. The molecule has 3 rings (SSSR count). The van der Waals surface area contributed by atoms with Crippen LogP contribution in [0.4, 0.5) is 0 Å². The van der Waals surface area contributed by atoms with Gasteiger partial charge in [-0.25, -0.2) is 4.98 Å². The molecular formula is C14H18N4. The predicted octanol–water partition coefficient (Wildman–Crippen LogP) is 1.77. The van der Waals surface area contributed by atoms with E-state index in [1.807, 2.05) is 18.7 Å². The summed E-state index contributed by atoms with van der Waals surface area (Å²) < 4.78 is 2.16. The molecule has 4 nitrogen and oxygen atoms in total. The van der Waals surface area contributed by atoms with Gasteiger partial charge in [-0.2, -0.15) is 0 Å². The molecule has 1 N–H and O–H groups in total. The molecule has 0 saturated heterocycles. The Morgan fingerprint density at radius 3 is 2.89 bits per heavy atom. The van der Waals surface area contributed by atoms with Gasteiger partial charge in [-0.15, -0.1) is 0 Å². The third-order valence-electron chi connectivity index (χ3n) is 3.24. The van der Waals surface area contributed by atoms with Crippen LogP contribution in [-0.4, -0.2) is 20.6 Å². The zero-order valence-electron chi connectivity index (χ0n) is 10.4. The quantitative estimate of drug-likeness (QED) is 0.839. The van der Waals surface area contributed by atoms with Gasteiger partial charge in [-0.3, -0.25) is 4.98 Å². The van der Waals surface area contributed by atoms with Crippen LogP contribution in [-0.2, 0) is 19.5 Å². The number of imidazole rings is 1. The molecule has 0 unspecified atom stereocenters. The van der Waals surface area contributed by atoms with Crippen LogP contribution >= 0.6 is 0 Å². The van der Waals surface area contributed by atoms with E-state index in [2.05, 4.69) is 38.2 Å². The minimum absolute atomic E-state index is 0.743. The van der Waals surface area contributed by atoms with Crippen LogP contribution in [0.3, 0.4) is 0 Å². The van der Waals surface area contributed by atoms with E-state index in [-0.39, 0.29) is 0 Å². The molecule has 0 aromatic carbocycles. The zero-order valence-corrected chi connectivity index (χ0v) is 10.4. The van der Waals surface area contributed by atoms with Gasteiger partial charge >= 0.3 is 0 Å². The lowest BCUT2D eigenvalue weighted by atomic mass is 10.2. The van der Waals surface area contributed by atoms with Gasteiger partial charge in [0.1, 0.15) is 0 Å². The smallest absolute Gasteiger partial charge is 0.0950 e. The second-order valence-corrected chi connectivity index (χ2v) is 4.86. The Morgan fingerprint density at radius 1 is 1.28 bits per heavy atom. The number of hydrogen-bond acceptors (Lipinski definition) is 3. The first-order valence-corrected chi connectivity index (χ1v) is 6.53. The van der Waals surface area contributed by atoms with Gasteiger partial charge in [-0.1, -0.05) is 0 Å². The largest absolute Gasteiger partial charge is 0.337 e. The maximum Gasteiger partial charge on any atom is 0.0950 e. The summed E-state index contributed by atoms with van der Waals surface area (Å²) >= 11 is 0. The van der Waals surface area contributed by atoms with Crippen molar-refractivity contribution in [2.24, 2.45) is 0 Å². The molecule has 94 valence electrons.